The summed E-state index contributed by atoms with van der Waals surface area (Å²) in [5, 5.41) is 0. The van der Waals surface area contributed by atoms with Crippen LogP contribution in [0.25, 0.3) is 0 Å². The van der Waals surface area contributed by atoms with Gasteiger partial charge in [0, 0.05) is 7.05 Å². The van der Waals surface area contributed by atoms with Crippen molar-refractivity contribution < 1.29 is 12.8 Å². The molecule has 3 nitrogen and oxygen atoms in total. The highest BCUT2D eigenvalue weighted by atomic mass is 32.2. The van der Waals surface area contributed by atoms with E-state index in [9.17, 15) is 12.8 Å². The Morgan fingerprint density at radius 1 is 1.37 bits per heavy atom. The number of nitrogens with zero attached hydrogens (tertiary/aromatic N) is 1. The number of hydrogen-bond acceptors (Lipinski definition) is 2. The molecule has 0 heterocycles. The zero-order chi connectivity index (χ0) is 14.0. The lowest BCUT2D eigenvalue weighted by molar-refractivity contribution is 0.190. The van der Waals surface area contributed by atoms with Gasteiger partial charge in [0.2, 0.25) is 10.0 Å². The molecule has 5 heteroatoms. The zero-order valence-corrected chi connectivity index (χ0v) is 12.2. The van der Waals surface area contributed by atoms with Crippen molar-refractivity contribution >= 4 is 10.0 Å². The molecule has 0 fully saturated rings. The number of aryl methyl sites for hydroxylation is 1. The molecule has 0 spiro atoms. The van der Waals surface area contributed by atoms with Gasteiger partial charge in [0.25, 0.3) is 0 Å². The first-order valence-electron chi connectivity index (χ1n) is 6.65. The second kappa shape index (κ2) is 5.59. The molecule has 2 rings (SSSR count). The van der Waals surface area contributed by atoms with Crippen molar-refractivity contribution in [3.63, 3.8) is 0 Å². The minimum Gasteiger partial charge on any atom is -0.245 e. The van der Waals surface area contributed by atoms with E-state index in [2.05, 4.69) is 0 Å². The molecule has 1 aliphatic rings. The fourth-order valence-electron chi connectivity index (χ4n) is 2.69. The van der Waals surface area contributed by atoms with Crippen LogP contribution in [0.3, 0.4) is 0 Å². The van der Waals surface area contributed by atoms with E-state index in [0.717, 1.165) is 24.0 Å². The molecule has 1 aromatic carbocycles. The van der Waals surface area contributed by atoms with Gasteiger partial charge in [-0.3, -0.25) is 0 Å². The van der Waals surface area contributed by atoms with Gasteiger partial charge in [-0.2, -0.15) is 4.31 Å². The predicted molar refractivity (Wildman–Crippen MR) is 74.2 cm³/mol. The Bertz CT molecular complexity index is 544. The number of alkyl halides is 1. The van der Waals surface area contributed by atoms with Gasteiger partial charge in [0.15, 0.2) is 0 Å². The van der Waals surface area contributed by atoms with Crippen LogP contribution in [0.1, 0.15) is 36.9 Å². The largest absolute Gasteiger partial charge is 0.245 e. The summed E-state index contributed by atoms with van der Waals surface area (Å²) in [6.45, 7) is 1.58. The molecular formula is C14H20FNO2S. The van der Waals surface area contributed by atoms with Crippen LogP contribution in [0.2, 0.25) is 0 Å². The molecule has 0 bridgehead atoms. The molecule has 106 valence electrons. The molecule has 1 aliphatic carbocycles. The first-order chi connectivity index (χ1) is 8.97. The Labute approximate surface area is 114 Å². The van der Waals surface area contributed by atoms with Crippen molar-refractivity contribution in [1.29, 1.82) is 0 Å². The Morgan fingerprint density at radius 3 is 2.74 bits per heavy atom. The summed E-state index contributed by atoms with van der Waals surface area (Å²) < 4.78 is 39.7. The minimum atomic E-state index is -3.40. The maximum atomic E-state index is 14.4. The maximum absolute atomic E-state index is 14.4. The molecule has 2 atom stereocenters. The molecule has 0 saturated carbocycles. The highest BCUT2D eigenvalue weighted by Crippen LogP contribution is 2.35. The van der Waals surface area contributed by atoms with E-state index < -0.39 is 22.2 Å². The van der Waals surface area contributed by atoms with E-state index in [0.29, 0.717) is 6.42 Å². The fraction of sp³-hybridized carbons (Fsp3) is 0.571. The average Bonchev–Trinajstić information content (AvgIpc) is 2.56. The Kier molecular flexibility index (Phi) is 4.26. The summed E-state index contributed by atoms with van der Waals surface area (Å²) >= 11 is 0. The Balaban J connectivity index is 2.47. The van der Waals surface area contributed by atoms with Crippen molar-refractivity contribution in [2.45, 2.75) is 38.4 Å². The van der Waals surface area contributed by atoms with Crippen LogP contribution < -0.4 is 0 Å². The van der Waals surface area contributed by atoms with Gasteiger partial charge < -0.3 is 0 Å². The topological polar surface area (TPSA) is 37.4 Å². The standard InChI is InChI=1S/C14H20FNO2S/c1-3-19(17,18)16(2)14-12-9-5-4-7-11(12)8-6-10-13(14)15/h4-5,7,9,13-14H,3,6,8,10H2,1-2H3. The highest BCUT2D eigenvalue weighted by molar-refractivity contribution is 7.89. The molecule has 2 unspecified atom stereocenters. The molecule has 0 N–H and O–H groups in total. The summed E-state index contributed by atoms with van der Waals surface area (Å²) in [6.07, 6.45) is 0.833. The molecule has 0 aromatic heterocycles. The minimum absolute atomic E-state index is 0.00507. The van der Waals surface area contributed by atoms with Crippen molar-refractivity contribution in [3.05, 3.63) is 35.4 Å². The molecule has 0 aliphatic heterocycles. The molecule has 0 radical (unpaired) electrons. The van der Waals surface area contributed by atoms with Gasteiger partial charge in [-0.15, -0.1) is 0 Å². The highest BCUT2D eigenvalue weighted by Gasteiger charge is 2.35. The monoisotopic (exact) mass is 285 g/mol. The summed E-state index contributed by atoms with van der Waals surface area (Å²) in [6, 6.07) is 6.88. The fourth-order valence-corrected chi connectivity index (χ4v) is 3.69. The summed E-state index contributed by atoms with van der Waals surface area (Å²) in [5.41, 5.74) is 1.87. The SMILES string of the molecule is CCS(=O)(=O)N(C)C1c2ccccc2CCCC1F. The van der Waals surface area contributed by atoms with E-state index in [1.807, 2.05) is 24.3 Å². The average molecular weight is 285 g/mol. The molecular weight excluding hydrogens is 265 g/mol. The van der Waals surface area contributed by atoms with Crippen LogP contribution in [0, 0.1) is 0 Å². The molecule has 1 aromatic rings. The van der Waals surface area contributed by atoms with Crippen molar-refractivity contribution in [2.75, 3.05) is 12.8 Å². The van der Waals surface area contributed by atoms with E-state index >= 15 is 0 Å². The predicted octanol–water partition coefficient (Wildman–Crippen LogP) is 2.68. The van der Waals surface area contributed by atoms with Crippen LogP contribution in [0.5, 0.6) is 0 Å². The first kappa shape index (κ1) is 14.5. The third-order valence-corrected chi connectivity index (χ3v) is 5.67. The van der Waals surface area contributed by atoms with E-state index in [-0.39, 0.29) is 5.75 Å². The van der Waals surface area contributed by atoms with Gasteiger partial charge in [-0.1, -0.05) is 24.3 Å². The third-order valence-electron chi connectivity index (χ3n) is 3.84. The van der Waals surface area contributed by atoms with Gasteiger partial charge in [-0.25, -0.2) is 12.8 Å². The van der Waals surface area contributed by atoms with E-state index in [4.69, 9.17) is 0 Å². The lowest BCUT2D eigenvalue weighted by atomic mass is 9.98. The number of sulfonamides is 1. The second-order valence-electron chi connectivity index (χ2n) is 4.97. The normalized spacial score (nSPS) is 24.0. The van der Waals surface area contributed by atoms with Crippen LogP contribution in [0.4, 0.5) is 4.39 Å². The smallest absolute Gasteiger partial charge is 0.214 e. The van der Waals surface area contributed by atoms with E-state index in [1.54, 1.807) is 6.92 Å². The van der Waals surface area contributed by atoms with Gasteiger partial charge >= 0.3 is 0 Å². The summed E-state index contributed by atoms with van der Waals surface area (Å²) in [5.74, 6) is -0.00507. The first-order valence-corrected chi connectivity index (χ1v) is 8.26. The lowest BCUT2D eigenvalue weighted by Gasteiger charge is -2.29. The number of rotatable bonds is 3. The number of fused-ring (bicyclic) bond motifs is 1. The third kappa shape index (κ3) is 2.82. The van der Waals surface area contributed by atoms with Crippen molar-refractivity contribution in [2.24, 2.45) is 0 Å². The quantitative estimate of drug-likeness (QED) is 0.801. The van der Waals surface area contributed by atoms with Crippen LogP contribution in [-0.2, 0) is 16.4 Å². The summed E-state index contributed by atoms with van der Waals surface area (Å²) in [4.78, 5) is 0. The van der Waals surface area contributed by atoms with Crippen LogP contribution >= 0.6 is 0 Å². The number of halogens is 1. The van der Waals surface area contributed by atoms with Crippen molar-refractivity contribution in [3.8, 4) is 0 Å². The van der Waals surface area contributed by atoms with Gasteiger partial charge in [0.1, 0.15) is 6.17 Å². The zero-order valence-electron chi connectivity index (χ0n) is 11.3. The second-order valence-corrected chi connectivity index (χ2v) is 7.29. The number of benzene rings is 1. The lowest BCUT2D eigenvalue weighted by Crippen LogP contribution is -2.37. The molecule has 0 saturated heterocycles. The molecule has 0 amide bonds. The van der Waals surface area contributed by atoms with Crippen LogP contribution in [-0.4, -0.2) is 31.7 Å². The number of hydrogen-bond donors (Lipinski definition) is 0. The van der Waals surface area contributed by atoms with Crippen LogP contribution in [0.15, 0.2) is 24.3 Å². The molecule has 19 heavy (non-hydrogen) atoms. The summed E-state index contributed by atoms with van der Waals surface area (Å²) in [7, 11) is -1.91. The van der Waals surface area contributed by atoms with Gasteiger partial charge in [-0.05, 0) is 37.3 Å². The van der Waals surface area contributed by atoms with Gasteiger partial charge in [0.05, 0.1) is 11.8 Å². The Morgan fingerprint density at radius 2 is 2.05 bits per heavy atom. The Hall–Kier alpha value is -0.940. The maximum Gasteiger partial charge on any atom is 0.214 e. The van der Waals surface area contributed by atoms with Crippen molar-refractivity contribution in [1.82, 2.24) is 4.31 Å². The van der Waals surface area contributed by atoms with E-state index in [1.165, 1.54) is 11.4 Å².